The smallest absolute Gasteiger partial charge is 0.226 e. The third kappa shape index (κ3) is 4.80. The molecule has 0 unspecified atom stereocenters. The van der Waals surface area contributed by atoms with Crippen LogP contribution < -0.4 is 0 Å². The van der Waals surface area contributed by atoms with Crippen molar-refractivity contribution in [3.05, 3.63) is 5.82 Å². The average molecular weight is 422 g/mol. The first-order valence-electron chi connectivity index (χ1n) is 11.2. The summed E-state index contributed by atoms with van der Waals surface area (Å²) in [6.45, 7) is 4.43. The van der Waals surface area contributed by atoms with Crippen LogP contribution in [0.1, 0.15) is 63.2 Å². The molecule has 3 aliphatic rings. The van der Waals surface area contributed by atoms with E-state index in [1.165, 1.54) is 25.9 Å². The Morgan fingerprint density at radius 3 is 2.55 bits per heavy atom. The third-order valence-electron chi connectivity index (χ3n) is 6.90. The summed E-state index contributed by atoms with van der Waals surface area (Å²) in [6, 6.07) is 0.0769. The molecule has 29 heavy (non-hydrogen) atoms. The van der Waals surface area contributed by atoms with Crippen molar-refractivity contribution in [3.8, 4) is 0 Å². The van der Waals surface area contributed by atoms with E-state index in [9.17, 15) is 4.79 Å². The molecule has 8 heteroatoms. The SMILES string of the molecule is COC1CCC(C(=O)N2CCC[C@@H]2c2nnc(SCCN3CCCC3)n2C)CC1. The van der Waals surface area contributed by atoms with Gasteiger partial charge in [0.25, 0.3) is 0 Å². The van der Waals surface area contributed by atoms with Crippen LogP contribution in [0.2, 0.25) is 0 Å². The van der Waals surface area contributed by atoms with Crippen LogP contribution in [0.25, 0.3) is 0 Å². The number of carbonyl (C=O) groups excluding carboxylic acids is 1. The molecule has 1 atom stereocenters. The maximum Gasteiger partial charge on any atom is 0.226 e. The molecule has 2 aliphatic heterocycles. The van der Waals surface area contributed by atoms with Crippen molar-refractivity contribution in [3.63, 3.8) is 0 Å². The highest BCUT2D eigenvalue weighted by atomic mass is 32.2. The highest BCUT2D eigenvalue weighted by molar-refractivity contribution is 7.99. The maximum atomic E-state index is 13.2. The van der Waals surface area contributed by atoms with Gasteiger partial charge in [0, 0.05) is 38.9 Å². The maximum absolute atomic E-state index is 13.2. The molecule has 1 aromatic heterocycles. The first kappa shape index (κ1) is 21.1. The van der Waals surface area contributed by atoms with Gasteiger partial charge >= 0.3 is 0 Å². The normalized spacial score (nSPS) is 28.3. The fourth-order valence-electron chi connectivity index (χ4n) is 5.09. The molecule has 1 amide bonds. The van der Waals surface area contributed by atoms with E-state index in [0.717, 1.165) is 68.3 Å². The molecule has 162 valence electrons. The number of ether oxygens (including phenoxy) is 1. The van der Waals surface area contributed by atoms with Crippen molar-refractivity contribution in [2.24, 2.45) is 13.0 Å². The van der Waals surface area contributed by atoms with Crippen LogP contribution in [0, 0.1) is 5.92 Å². The molecule has 3 fully saturated rings. The van der Waals surface area contributed by atoms with E-state index in [1.54, 1.807) is 18.9 Å². The average Bonchev–Trinajstić information content (AvgIpc) is 3.50. The molecule has 7 nitrogen and oxygen atoms in total. The summed E-state index contributed by atoms with van der Waals surface area (Å²) < 4.78 is 7.58. The minimum absolute atomic E-state index is 0.0769. The minimum Gasteiger partial charge on any atom is -0.381 e. The van der Waals surface area contributed by atoms with E-state index in [-0.39, 0.29) is 12.0 Å². The Kier molecular flexibility index (Phi) is 7.13. The molecule has 2 saturated heterocycles. The molecule has 3 heterocycles. The monoisotopic (exact) mass is 421 g/mol. The largest absolute Gasteiger partial charge is 0.381 e. The fourth-order valence-corrected chi connectivity index (χ4v) is 6.01. The van der Waals surface area contributed by atoms with Crippen molar-refractivity contribution in [2.45, 2.75) is 68.7 Å². The summed E-state index contributed by atoms with van der Waals surface area (Å²) in [7, 11) is 3.83. The lowest BCUT2D eigenvalue weighted by atomic mass is 9.86. The van der Waals surface area contributed by atoms with Gasteiger partial charge in [0.2, 0.25) is 5.91 Å². The number of hydrogen-bond donors (Lipinski definition) is 0. The van der Waals surface area contributed by atoms with E-state index in [1.807, 2.05) is 0 Å². The van der Waals surface area contributed by atoms with Gasteiger partial charge in [0.15, 0.2) is 11.0 Å². The molecule has 0 aromatic carbocycles. The summed E-state index contributed by atoms with van der Waals surface area (Å²) in [5.74, 6) is 2.45. The second kappa shape index (κ2) is 9.79. The predicted molar refractivity (Wildman–Crippen MR) is 114 cm³/mol. The third-order valence-corrected chi connectivity index (χ3v) is 7.90. The van der Waals surface area contributed by atoms with Gasteiger partial charge in [-0.25, -0.2) is 0 Å². The van der Waals surface area contributed by atoms with E-state index in [4.69, 9.17) is 4.74 Å². The molecule has 0 spiro atoms. The molecular formula is C21H35N5O2S. The number of aromatic nitrogens is 3. The van der Waals surface area contributed by atoms with Crippen LogP contribution >= 0.6 is 11.8 Å². The second-order valence-electron chi connectivity index (χ2n) is 8.70. The molecule has 0 bridgehead atoms. The van der Waals surface area contributed by atoms with Gasteiger partial charge in [0.05, 0.1) is 12.1 Å². The molecule has 4 rings (SSSR count). The van der Waals surface area contributed by atoms with Gasteiger partial charge in [-0.2, -0.15) is 0 Å². The Morgan fingerprint density at radius 2 is 1.83 bits per heavy atom. The van der Waals surface area contributed by atoms with Crippen molar-refractivity contribution in [1.29, 1.82) is 0 Å². The molecular weight excluding hydrogens is 386 g/mol. The number of nitrogens with zero attached hydrogens (tertiary/aromatic N) is 5. The van der Waals surface area contributed by atoms with E-state index in [2.05, 4.69) is 31.6 Å². The Labute approximate surface area is 178 Å². The number of thioether (sulfide) groups is 1. The van der Waals surface area contributed by atoms with Crippen molar-refractivity contribution in [1.82, 2.24) is 24.6 Å². The van der Waals surface area contributed by atoms with Crippen LogP contribution in [-0.2, 0) is 16.6 Å². The molecule has 0 radical (unpaired) electrons. The van der Waals surface area contributed by atoms with Gasteiger partial charge in [0.1, 0.15) is 0 Å². The zero-order valence-corrected chi connectivity index (χ0v) is 18.7. The Hall–Kier alpha value is -1.12. The zero-order chi connectivity index (χ0) is 20.2. The first-order valence-corrected chi connectivity index (χ1v) is 12.2. The van der Waals surface area contributed by atoms with Crippen LogP contribution in [0.4, 0.5) is 0 Å². The summed E-state index contributed by atoms with van der Waals surface area (Å²) in [6.07, 6.45) is 8.90. The van der Waals surface area contributed by atoms with Gasteiger partial charge in [-0.3, -0.25) is 4.79 Å². The van der Waals surface area contributed by atoms with E-state index in [0.29, 0.717) is 12.0 Å². The van der Waals surface area contributed by atoms with Crippen LogP contribution in [0.3, 0.4) is 0 Å². The number of methoxy groups -OCH3 is 1. The van der Waals surface area contributed by atoms with E-state index < -0.39 is 0 Å². The predicted octanol–water partition coefficient (Wildman–Crippen LogP) is 2.87. The quantitative estimate of drug-likeness (QED) is 0.631. The Bertz CT molecular complexity index is 683. The second-order valence-corrected chi connectivity index (χ2v) is 9.76. The summed E-state index contributed by atoms with van der Waals surface area (Å²) in [4.78, 5) is 17.8. The zero-order valence-electron chi connectivity index (χ0n) is 17.9. The lowest BCUT2D eigenvalue weighted by molar-refractivity contribution is -0.138. The Balaban J connectivity index is 1.35. The lowest BCUT2D eigenvalue weighted by Gasteiger charge is -2.32. The fraction of sp³-hybridized carbons (Fsp3) is 0.857. The van der Waals surface area contributed by atoms with Crippen LogP contribution in [-0.4, -0.2) is 75.6 Å². The number of amides is 1. The van der Waals surface area contributed by atoms with Gasteiger partial charge in [-0.05, 0) is 64.5 Å². The van der Waals surface area contributed by atoms with Crippen molar-refractivity contribution in [2.75, 3.05) is 39.0 Å². The van der Waals surface area contributed by atoms with Crippen molar-refractivity contribution < 1.29 is 9.53 Å². The number of likely N-dealkylation sites (tertiary alicyclic amines) is 2. The molecule has 0 N–H and O–H groups in total. The van der Waals surface area contributed by atoms with Gasteiger partial charge in [-0.1, -0.05) is 11.8 Å². The molecule has 1 aliphatic carbocycles. The van der Waals surface area contributed by atoms with Crippen molar-refractivity contribution >= 4 is 17.7 Å². The standard InChI is InChI=1S/C21H35N5O2S/c1-24-19(22-23-21(24)29-15-14-25-11-3-4-12-25)18-6-5-13-26(18)20(27)16-7-9-17(28-2)10-8-16/h16-18H,3-15H2,1-2H3/t16?,17?,18-/m1/s1. The van der Waals surface area contributed by atoms with E-state index >= 15 is 0 Å². The van der Waals surface area contributed by atoms with Gasteiger partial charge < -0.3 is 19.1 Å². The minimum atomic E-state index is 0.0769. The summed E-state index contributed by atoms with van der Waals surface area (Å²) >= 11 is 1.78. The lowest BCUT2D eigenvalue weighted by Crippen LogP contribution is -2.38. The Morgan fingerprint density at radius 1 is 1.07 bits per heavy atom. The topological polar surface area (TPSA) is 63.5 Å². The molecule has 1 saturated carbocycles. The highest BCUT2D eigenvalue weighted by Crippen LogP contribution is 2.36. The number of hydrogen-bond acceptors (Lipinski definition) is 6. The molecule has 1 aromatic rings. The first-order chi connectivity index (χ1) is 14.2. The van der Waals surface area contributed by atoms with Crippen LogP contribution in [0.15, 0.2) is 5.16 Å². The summed E-state index contributed by atoms with van der Waals surface area (Å²) in [5.41, 5.74) is 0. The summed E-state index contributed by atoms with van der Waals surface area (Å²) in [5, 5.41) is 9.94. The number of carbonyl (C=O) groups is 1. The highest BCUT2D eigenvalue weighted by Gasteiger charge is 2.38. The van der Waals surface area contributed by atoms with Crippen LogP contribution in [0.5, 0.6) is 0 Å². The number of rotatable bonds is 7. The van der Waals surface area contributed by atoms with Gasteiger partial charge in [-0.15, -0.1) is 10.2 Å².